The topological polar surface area (TPSA) is 105 Å². The molecule has 2 rings (SSSR count). The van der Waals surface area contributed by atoms with Crippen LogP contribution in [0.1, 0.15) is 21.5 Å². The first-order chi connectivity index (χ1) is 12.2. The minimum absolute atomic E-state index is 0.280. The SMILES string of the molecule is N#Cc1cccc(NC(=O)COC(=O)c2ccc(C(F)(F)F)cc2N)c1. The third-order valence-corrected chi connectivity index (χ3v) is 3.21. The number of nitriles is 1. The van der Waals surface area contributed by atoms with Crippen LogP contribution in [0.3, 0.4) is 0 Å². The van der Waals surface area contributed by atoms with Crippen LogP contribution in [0.4, 0.5) is 24.5 Å². The summed E-state index contributed by atoms with van der Waals surface area (Å²) < 4.78 is 42.5. The molecule has 0 radical (unpaired) electrons. The van der Waals surface area contributed by atoms with Crippen LogP contribution in [-0.2, 0) is 15.7 Å². The molecule has 0 aliphatic rings. The molecular formula is C17H12F3N3O3. The monoisotopic (exact) mass is 363 g/mol. The van der Waals surface area contributed by atoms with E-state index in [4.69, 9.17) is 15.7 Å². The number of benzene rings is 2. The number of esters is 1. The molecule has 1 amide bonds. The van der Waals surface area contributed by atoms with Crippen molar-refractivity contribution in [3.63, 3.8) is 0 Å². The lowest BCUT2D eigenvalue weighted by Gasteiger charge is -2.11. The molecule has 0 heterocycles. The van der Waals surface area contributed by atoms with Crippen molar-refractivity contribution in [2.45, 2.75) is 6.18 Å². The zero-order valence-corrected chi connectivity index (χ0v) is 13.1. The number of nitrogens with two attached hydrogens (primary N) is 1. The number of carbonyl (C=O) groups excluding carboxylic acids is 2. The number of rotatable bonds is 4. The average molecular weight is 363 g/mol. The summed E-state index contributed by atoms with van der Waals surface area (Å²) in [6, 6.07) is 10.2. The van der Waals surface area contributed by atoms with Gasteiger partial charge in [0.25, 0.3) is 5.91 Å². The number of amides is 1. The van der Waals surface area contributed by atoms with Gasteiger partial charge in [0.2, 0.25) is 0 Å². The number of nitrogens with zero attached hydrogens (tertiary/aromatic N) is 1. The molecule has 2 aromatic carbocycles. The number of anilines is 2. The van der Waals surface area contributed by atoms with E-state index in [1.807, 2.05) is 6.07 Å². The van der Waals surface area contributed by atoms with E-state index in [-0.39, 0.29) is 5.56 Å². The highest BCUT2D eigenvalue weighted by Gasteiger charge is 2.31. The van der Waals surface area contributed by atoms with Crippen LogP contribution >= 0.6 is 0 Å². The smallest absolute Gasteiger partial charge is 0.416 e. The van der Waals surface area contributed by atoms with Crippen molar-refractivity contribution >= 4 is 23.3 Å². The van der Waals surface area contributed by atoms with Crippen LogP contribution < -0.4 is 11.1 Å². The predicted octanol–water partition coefficient (Wildman–Crippen LogP) is 2.95. The largest absolute Gasteiger partial charge is 0.452 e. The summed E-state index contributed by atoms with van der Waals surface area (Å²) in [6.07, 6.45) is -4.59. The first-order valence-corrected chi connectivity index (χ1v) is 7.14. The molecule has 0 atom stereocenters. The fourth-order valence-corrected chi connectivity index (χ4v) is 2.00. The van der Waals surface area contributed by atoms with Gasteiger partial charge in [0.05, 0.1) is 22.8 Å². The summed E-state index contributed by atoms with van der Waals surface area (Å²) in [6.45, 7) is -0.671. The van der Waals surface area contributed by atoms with E-state index >= 15 is 0 Å². The summed E-state index contributed by atoms with van der Waals surface area (Å²) in [5.74, 6) is -1.71. The first kappa shape index (κ1) is 18.8. The molecule has 0 unspecified atom stereocenters. The van der Waals surface area contributed by atoms with Crippen LogP contribution in [0, 0.1) is 11.3 Å². The number of nitrogens with one attached hydrogen (secondary N) is 1. The number of alkyl halides is 3. The maximum absolute atomic E-state index is 12.6. The molecule has 0 saturated heterocycles. The number of hydrogen-bond acceptors (Lipinski definition) is 5. The molecule has 6 nitrogen and oxygen atoms in total. The third-order valence-electron chi connectivity index (χ3n) is 3.21. The lowest BCUT2D eigenvalue weighted by Crippen LogP contribution is -2.21. The lowest BCUT2D eigenvalue weighted by atomic mass is 10.1. The Bertz CT molecular complexity index is 889. The fourth-order valence-electron chi connectivity index (χ4n) is 2.00. The van der Waals surface area contributed by atoms with Crippen LogP contribution in [-0.4, -0.2) is 18.5 Å². The number of halogens is 3. The van der Waals surface area contributed by atoms with Crippen molar-refractivity contribution in [1.82, 2.24) is 0 Å². The molecule has 0 aliphatic carbocycles. The number of hydrogen-bond donors (Lipinski definition) is 2. The molecular weight excluding hydrogens is 351 g/mol. The Kier molecular flexibility index (Phi) is 5.47. The molecule has 134 valence electrons. The van der Waals surface area contributed by atoms with Crippen molar-refractivity contribution in [2.24, 2.45) is 0 Å². The molecule has 26 heavy (non-hydrogen) atoms. The third kappa shape index (κ3) is 4.73. The maximum Gasteiger partial charge on any atom is 0.416 e. The van der Waals surface area contributed by atoms with Gasteiger partial charge in [-0.2, -0.15) is 18.4 Å². The maximum atomic E-state index is 12.6. The molecule has 2 aromatic rings. The van der Waals surface area contributed by atoms with Gasteiger partial charge in [0, 0.05) is 11.4 Å². The minimum atomic E-state index is -4.59. The van der Waals surface area contributed by atoms with E-state index in [1.54, 1.807) is 12.1 Å². The van der Waals surface area contributed by atoms with Gasteiger partial charge >= 0.3 is 12.1 Å². The summed E-state index contributed by atoms with van der Waals surface area (Å²) >= 11 is 0. The summed E-state index contributed by atoms with van der Waals surface area (Å²) in [5, 5.41) is 11.2. The van der Waals surface area contributed by atoms with Gasteiger partial charge in [-0.15, -0.1) is 0 Å². The normalized spacial score (nSPS) is 10.7. The quantitative estimate of drug-likeness (QED) is 0.642. The second kappa shape index (κ2) is 7.57. The number of nitrogen functional groups attached to an aromatic ring is 1. The minimum Gasteiger partial charge on any atom is -0.452 e. The van der Waals surface area contributed by atoms with Crippen molar-refractivity contribution in [3.05, 3.63) is 59.2 Å². The standard InChI is InChI=1S/C17H12F3N3O3/c18-17(19,20)11-4-5-13(14(22)7-11)16(25)26-9-15(24)23-12-3-1-2-10(6-12)8-21/h1-7H,9,22H2,(H,23,24). The second-order valence-corrected chi connectivity index (χ2v) is 5.12. The zero-order chi connectivity index (χ0) is 19.3. The van der Waals surface area contributed by atoms with E-state index in [9.17, 15) is 22.8 Å². The lowest BCUT2D eigenvalue weighted by molar-refractivity contribution is -0.137. The molecule has 9 heteroatoms. The van der Waals surface area contributed by atoms with Crippen molar-refractivity contribution in [1.29, 1.82) is 5.26 Å². The van der Waals surface area contributed by atoms with E-state index in [0.717, 1.165) is 6.07 Å². The molecule has 0 bridgehead atoms. The molecule has 0 fully saturated rings. The summed E-state index contributed by atoms with van der Waals surface area (Å²) in [7, 11) is 0. The summed E-state index contributed by atoms with van der Waals surface area (Å²) in [4.78, 5) is 23.6. The molecule has 0 aromatic heterocycles. The number of ether oxygens (including phenoxy) is 1. The van der Waals surface area contributed by atoms with Crippen molar-refractivity contribution in [2.75, 3.05) is 17.7 Å². The predicted molar refractivity (Wildman–Crippen MR) is 85.9 cm³/mol. The molecule has 0 spiro atoms. The van der Waals surface area contributed by atoms with E-state index < -0.39 is 35.9 Å². The highest BCUT2D eigenvalue weighted by atomic mass is 19.4. The Morgan fingerprint density at radius 3 is 2.54 bits per heavy atom. The Labute approximate surface area is 146 Å². The van der Waals surface area contributed by atoms with Gasteiger partial charge in [-0.05, 0) is 36.4 Å². The zero-order valence-electron chi connectivity index (χ0n) is 13.1. The fraction of sp³-hybridized carbons (Fsp3) is 0.118. The van der Waals surface area contributed by atoms with Crippen LogP contribution in [0.5, 0.6) is 0 Å². The highest BCUT2D eigenvalue weighted by Crippen LogP contribution is 2.31. The van der Waals surface area contributed by atoms with Gasteiger partial charge in [-0.25, -0.2) is 4.79 Å². The Balaban J connectivity index is 1.98. The second-order valence-electron chi connectivity index (χ2n) is 5.12. The van der Waals surface area contributed by atoms with Gasteiger partial charge in [-0.1, -0.05) is 6.07 Å². The van der Waals surface area contributed by atoms with Crippen LogP contribution in [0.15, 0.2) is 42.5 Å². The van der Waals surface area contributed by atoms with Crippen molar-refractivity contribution in [3.8, 4) is 6.07 Å². The van der Waals surface area contributed by atoms with Crippen LogP contribution in [0.25, 0.3) is 0 Å². The van der Waals surface area contributed by atoms with E-state index in [2.05, 4.69) is 5.32 Å². The number of carbonyl (C=O) groups is 2. The molecule has 0 aliphatic heterocycles. The van der Waals surface area contributed by atoms with E-state index in [0.29, 0.717) is 23.4 Å². The van der Waals surface area contributed by atoms with Crippen LogP contribution in [0.2, 0.25) is 0 Å². The summed E-state index contributed by atoms with van der Waals surface area (Å²) in [5.41, 5.74) is 4.42. The molecule has 0 saturated carbocycles. The van der Waals surface area contributed by atoms with Gasteiger partial charge in [0.1, 0.15) is 0 Å². The van der Waals surface area contributed by atoms with E-state index in [1.165, 1.54) is 12.1 Å². The Hall–Kier alpha value is -3.54. The highest BCUT2D eigenvalue weighted by molar-refractivity contribution is 5.98. The van der Waals surface area contributed by atoms with Gasteiger partial charge in [0.15, 0.2) is 6.61 Å². The average Bonchev–Trinajstić information content (AvgIpc) is 2.59. The Morgan fingerprint density at radius 2 is 1.92 bits per heavy atom. The van der Waals surface area contributed by atoms with Gasteiger partial charge < -0.3 is 15.8 Å². The first-order valence-electron chi connectivity index (χ1n) is 7.14. The van der Waals surface area contributed by atoms with Gasteiger partial charge in [-0.3, -0.25) is 4.79 Å². The Morgan fingerprint density at radius 1 is 1.19 bits per heavy atom. The molecule has 3 N–H and O–H groups in total. The van der Waals surface area contributed by atoms with Crippen molar-refractivity contribution < 1.29 is 27.5 Å².